The highest BCUT2D eigenvalue weighted by atomic mass is 32.2. The highest BCUT2D eigenvalue weighted by Crippen LogP contribution is 2.03. The standard InChI is InChI=1S/2C5H11NO2S.C5H9NO2/c2*1-9-3-2-4(6)5(7)8;7-5(8)4-2-1-3-6-4/h2*4H,2-3,6H2,1H3,(H,7,8);4,6H,1-3H2,(H,7,8)/t;;4-/m..0/s1. The first-order valence-corrected chi connectivity index (χ1v) is 10.9. The number of rotatable bonds is 9. The number of aliphatic carboxylic acids is 3. The highest BCUT2D eigenvalue weighted by molar-refractivity contribution is 7.98. The number of carboxylic acid groups (broad SMARTS) is 3. The summed E-state index contributed by atoms with van der Waals surface area (Å²) in [7, 11) is 0. The maximum Gasteiger partial charge on any atom is 0.320 e. The van der Waals surface area contributed by atoms with Gasteiger partial charge < -0.3 is 32.1 Å². The Bertz CT molecular complexity index is 385. The van der Waals surface area contributed by atoms with E-state index < -0.39 is 30.0 Å². The van der Waals surface area contributed by atoms with Gasteiger partial charge in [-0.2, -0.15) is 23.5 Å². The summed E-state index contributed by atoms with van der Waals surface area (Å²) in [5, 5.41) is 27.8. The first-order valence-electron chi connectivity index (χ1n) is 8.08. The number of thioether (sulfide) groups is 2. The lowest BCUT2D eigenvalue weighted by Crippen LogP contribution is -2.30. The molecule has 0 spiro atoms. The summed E-state index contributed by atoms with van der Waals surface area (Å²) in [4.78, 5) is 30.3. The molecule has 154 valence electrons. The zero-order chi connectivity index (χ0) is 20.5. The van der Waals surface area contributed by atoms with E-state index >= 15 is 0 Å². The summed E-state index contributed by atoms with van der Waals surface area (Å²) in [5.41, 5.74) is 10.4. The molecule has 9 nitrogen and oxygen atoms in total. The van der Waals surface area contributed by atoms with Crippen LogP contribution in [0.2, 0.25) is 0 Å². The van der Waals surface area contributed by atoms with Crippen LogP contribution in [0.1, 0.15) is 25.7 Å². The third-order valence-corrected chi connectivity index (χ3v) is 4.55. The molecule has 0 saturated carbocycles. The van der Waals surface area contributed by atoms with Crippen molar-refractivity contribution in [3.63, 3.8) is 0 Å². The molecule has 11 heteroatoms. The molecule has 1 fully saturated rings. The van der Waals surface area contributed by atoms with Gasteiger partial charge in [-0.25, -0.2) is 0 Å². The predicted molar refractivity (Wildman–Crippen MR) is 106 cm³/mol. The average molecular weight is 414 g/mol. The summed E-state index contributed by atoms with van der Waals surface area (Å²) in [6.07, 6.45) is 6.74. The molecule has 1 heterocycles. The Morgan fingerprint density at radius 2 is 1.42 bits per heavy atom. The van der Waals surface area contributed by atoms with Gasteiger partial charge >= 0.3 is 17.9 Å². The van der Waals surface area contributed by atoms with Crippen molar-refractivity contribution in [3.05, 3.63) is 0 Å². The molecule has 2 unspecified atom stereocenters. The molecular weight excluding hydrogens is 382 g/mol. The van der Waals surface area contributed by atoms with Gasteiger partial charge in [-0.05, 0) is 56.2 Å². The Labute approximate surface area is 162 Å². The van der Waals surface area contributed by atoms with Crippen molar-refractivity contribution in [1.82, 2.24) is 5.32 Å². The van der Waals surface area contributed by atoms with Gasteiger partial charge in [0.2, 0.25) is 0 Å². The van der Waals surface area contributed by atoms with Gasteiger partial charge in [0, 0.05) is 0 Å². The second-order valence-electron chi connectivity index (χ2n) is 5.44. The minimum Gasteiger partial charge on any atom is -0.480 e. The quantitative estimate of drug-likeness (QED) is 0.303. The van der Waals surface area contributed by atoms with Crippen molar-refractivity contribution < 1.29 is 29.7 Å². The van der Waals surface area contributed by atoms with Crippen LogP contribution >= 0.6 is 23.5 Å². The van der Waals surface area contributed by atoms with Crippen LogP contribution in [0.5, 0.6) is 0 Å². The molecule has 0 aromatic rings. The molecule has 0 radical (unpaired) electrons. The summed E-state index contributed by atoms with van der Waals surface area (Å²) >= 11 is 3.21. The minimum atomic E-state index is -0.913. The lowest BCUT2D eigenvalue weighted by molar-refractivity contribution is -0.139. The van der Waals surface area contributed by atoms with Gasteiger partial charge in [0.1, 0.15) is 18.1 Å². The number of nitrogens with one attached hydrogen (secondary N) is 1. The molecule has 1 saturated heterocycles. The van der Waals surface area contributed by atoms with Crippen LogP contribution in [0.3, 0.4) is 0 Å². The van der Waals surface area contributed by atoms with Gasteiger partial charge in [0.15, 0.2) is 0 Å². The van der Waals surface area contributed by atoms with Crippen LogP contribution < -0.4 is 16.8 Å². The fourth-order valence-electron chi connectivity index (χ4n) is 1.63. The predicted octanol–water partition coefficient (Wildman–Crippen LogP) is 0.126. The smallest absolute Gasteiger partial charge is 0.320 e. The van der Waals surface area contributed by atoms with E-state index in [0.29, 0.717) is 12.8 Å². The number of hydrogen-bond acceptors (Lipinski definition) is 8. The van der Waals surface area contributed by atoms with Crippen molar-refractivity contribution in [2.75, 3.05) is 30.6 Å². The number of hydrogen-bond donors (Lipinski definition) is 6. The first-order chi connectivity index (χ1) is 12.2. The van der Waals surface area contributed by atoms with E-state index in [4.69, 9.17) is 26.8 Å². The largest absolute Gasteiger partial charge is 0.480 e. The van der Waals surface area contributed by atoms with Gasteiger partial charge in [-0.15, -0.1) is 0 Å². The third kappa shape index (κ3) is 16.5. The number of carbonyl (C=O) groups is 3. The summed E-state index contributed by atoms with van der Waals surface area (Å²) in [6, 6.07) is -1.63. The van der Waals surface area contributed by atoms with Crippen LogP contribution in [0.25, 0.3) is 0 Å². The monoisotopic (exact) mass is 413 g/mol. The summed E-state index contributed by atoms with van der Waals surface area (Å²) in [6.45, 7) is 0.858. The molecule has 0 aromatic heterocycles. The van der Waals surface area contributed by atoms with Gasteiger partial charge in [0.05, 0.1) is 0 Å². The maximum atomic E-state index is 10.1. The average Bonchev–Trinajstić information content (AvgIpc) is 3.13. The van der Waals surface area contributed by atoms with Crippen LogP contribution in [0.4, 0.5) is 0 Å². The lowest BCUT2D eigenvalue weighted by atomic mass is 10.2. The highest BCUT2D eigenvalue weighted by Gasteiger charge is 2.20. The number of nitrogens with two attached hydrogens (primary N) is 2. The third-order valence-electron chi connectivity index (χ3n) is 3.26. The topological polar surface area (TPSA) is 176 Å². The van der Waals surface area contributed by atoms with Crippen molar-refractivity contribution in [2.24, 2.45) is 11.5 Å². The summed E-state index contributed by atoms with van der Waals surface area (Å²) in [5.74, 6) is -0.920. The van der Waals surface area contributed by atoms with Crippen LogP contribution in [0.15, 0.2) is 0 Å². The molecule has 1 aliphatic rings. The maximum absolute atomic E-state index is 10.1. The SMILES string of the molecule is CSCCC(N)C(=O)O.CSCCC(N)C(=O)O.O=C(O)[C@@H]1CCCN1. The van der Waals surface area contributed by atoms with Gasteiger partial charge in [0.25, 0.3) is 0 Å². The van der Waals surface area contributed by atoms with E-state index in [1.807, 2.05) is 12.5 Å². The molecule has 0 aliphatic carbocycles. The lowest BCUT2D eigenvalue weighted by Gasteiger charge is -2.02. The van der Waals surface area contributed by atoms with E-state index in [1.54, 1.807) is 23.5 Å². The van der Waals surface area contributed by atoms with E-state index in [1.165, 1.54) is 0 Å². The molecule has 8 N–H and O–H groups in total. The fourth-order valence-corrected chi connectivity index (χ4v) is 2.61. The summed E-state index contributed by atoms with van der Waals surface area (Å²) < 4.78 is 0. The minimum absolute atomic E-state index is 0.269. The van der Waals surface area contributed by atoms with E-state index in [2.05, 4.69) is 5.32 Å². The van der Waals surface area contributed by atoms with Gasteiger partial charge in [-0.3, -0.25) is 14.4 Å². The zero-order valence-electron chi connectivity index (χ0n) is 15.2. The van der Waals surface area contributed by atoms with E-state index in [9.17, 15) is 14.4 Å². The van der Waals surface area contributed by atoms with E-state index in [-0.39, 0.29) is 6.04 Å². The van der Waals surface area contributed by atoms with Gasteiger partial charge in [-0.1, -0.05) is 0 Å². The molecule has 0 amide bonds. The van der Waals surface area contributed by atoms with Crippen LogP contribution in [-0.2, 0) is 14.4 Å². The Hall–Kier alpha value is -1.01. The number of carboxylic acids is 3. The Kier molecular flexibility index (Phi) is 18.2. The molecule has 0 aromatic carbocycles. The second-order valence-corrected chi connectivity index (χ2v) is 7.41. The van der Waals surface area contributed by atoms with Crippen molar-refractivity contribution >= 4 is 41.4 Å². The Morgan fingerprint density at radius 3 is 1.62 bits per heavy atom. The molecule has 1 rings (SSSR count). The van der Waals surface area contributed by atoms with Crippen molar-refractivity contribution in [2.45, 2.75) is 43.8 Å². The first kappa shape index (κ1) is 27.2. The normalized spacial score (nSPS) is 17.8. The zero-order valence-corrected chi connectivity index (χ0v) is 16.9. The molecule has 0 bridgehead atoms. The molecular formula is C15H31N3O6S2. The fraction of sp³-hybridized carbons (Fsp3) is 0.800. The van der Waals surface area contributed by atoms with E-state index in [0.717, 1.165) is 30.9 Å². The van der Waals surface area contributed by atoms with Crippen molar-refractivity contribution in [3.8, 4) is 0 Å². The Balaban J connectivity index is 0. The van der Waals surface area contributed by atoms with Crippen LogP contribution in [0, 0.1) is 0 Å². The van der Waals surface area contributed by atoms with Crippen molar-refractivity contribution in [1.29, 1.82) is 0 Å². The second kappa shape index (κ2) is 17.4. The molecule has 26 heavy (non-hydrogen) atoms. The Morgan fingerprint density at radius 1 is 1.00 bits per heavy atom. The molecule has 1 aliphatic heterocycles. The molecule has 3 atom stereocenters. The van der Waals surface area contributed by atoms with Crippen LogP contribution in [-0.4, -0.2) is 81.9 Å².